The van der Waals surface area contributed by atoms with Gasteiger partial charge in [0, 0.05) is 37.7 Å². The molecule has 1 amide bonds. The number of benzene rings is 1. The third-order valence-corrected chi connectivity index (χ3v) is 4.05. The average molecular weight is 284 g/mol. The van der Waals surface area contributed by atoms with Gasteiger partial charge in [-0.1, -0.05) is 12.1 Å². The van der Waals surface area contributed by atoms with Gasteiger partial charge in [0.25, 0.3) is 0 Å². The second kappa shape index (κ2) is 5.69. The zero-order chi connectivity index (χ0) is 14.8. The van der Waals surface area contributed by atoms with Gasteiger partial charge in [-0.15, -0.1) is 0 Å². The van der Waals surface area contributed by atoms with E-state index in [1.54, 1.807) is 17.4 Å². The van der Waals surface area contributed by atoms with Gasteiger partial charge >= 0.3 is 0 Å². The monoisotopic (exact) mass is 284 g/mol. The van der Waals surface area contributed by atoms with Gasteiger partial charge in [0.05, 0.1) is 12.4 Å². The molecule has 5 nitrogen and oxygen atoms in total. The number of hydrogen-bond donors (Lipinski definition) is 1. The normalized spacial score (nSPS) is 20.0. The lowest BCUT2D eigenvalue weighted by Crippen LogP contribution is -2.38. The second-order valence-electron chi connectivity index (χ2n) is 5.55. The number of hydrogen-bond acceptors (Lipinski definition) is 3. The Bertz CT molecular complexity index is 623. The van der Waals surface area contributed by atoms with Crippen molar-refractivity contribution in [1.82, 2.24) is 19.8 Å². The summed E-state index contributed by atoms with van der Waals surface area (Å²) in [5.74, 6) is 0.188. The Hall–Kier alpha value is -2.14. The van der Waals surface area contributed by atoms with Crippen LogP contribution in [0.5, 0.6) is 0 Å². The minimum absolute atomic E-state index is 0.0677. The van der Waals surface area contributed by atoms with Gasteiger partial charge in [0.15, 0.2) is 0 Å². The van der Waals surface area contributed by atoms with Gasteiger partial charge in [0.2, 0.25) is 5.91 Å². The molecule has 1 saturated heterocycles. The number of nitrogens with one attached hydrogen (secondary N) is 1. The number of carbonyl (C=O) groups excluding carboxylic acids is 1. The lowest BCUT2D eigenvalue weighted by Gasteiger charge is -2.19. The molecule has 0 bridgehead atoms. The first kappa shape index (κ1) is 13.8. The molecule has 2 atom stereocenters. The van der Waals surface area contributed by atoms with E-state index in [2.05, 4.69) is 29.4 Å². The van der Waals surface area contributed by atoms with Crippen molar-refractivity contribution in [2.24, 2.45) is 0 Å². The highest BCUT2D eigenvalue weighted by molar-refractivity contribution is 5.83. The van der Waals surface area contributed by atoms with E-state index >= 15 is 0 Å². The van der Waals surface area contributed by atoms with Gasteiger partial charge in [-0.3, -0.25) is 10.1 Å². The fourth-order valence-corrected chi connectivity index (χ4v) is 2.74. The maximum Gasteiger partial charge on any atom is 0.239 e. The lowest BCUT2D eigenvalue weighted by atomic mass is 10.1. The predicted molar refractivity (Wildman–Crippen MR) is 81.2 cm³/mol. The van der Waals surface area contributed by atoms with E-state index in [4.69, 9.17) is 0 Å². The Balaban J connectivity index is 1.74. The van der Waals surface area contributed by atoms with Crippen molar-refractivity contribution in [2.45, 2.75) is 25.4 Å². The predicted octanol–water partition coefficient (Wildman–Crippen LogP) is 1.75. The van der Waals surface area contributed by atoms with Crippen molar-refractivity contribution in [1.29, 1.82) is 0 Å². The zero-order valence-corrected chi connectivity index (χ0v) is 12.4. The van der Waals surface area contributed by atoms with Crippen molar-refractivity contribution < 1.29 is 4.79 Å². The highest BCUT2D eigenvalue weighted by atomic mass is 16.2. The molecule has 1 aromatic heterocycles. The first-order valence-electron chi connectivity index (χ1n) is 7.24. The SMILES string of the molecule is C[C@@H](N[C@@H]1CCN(C)C1=O)c1cccc(-n2ccnc2)c1. The molecular weight excluding hydrogens is 264 g/mol. The van der Waals surface area contributed by atoms with Crippen LogP contribution in [-0.4, -0.2) is 40.0 Å². The van der Waals surface area contributed by atoms with E-state index in [1.165, 1.54) is 5.56 Å². The molecule has 0 spiro atoms. The summed E-state index contributed by atoms with van der Waals surface area (Å²) < 4.78 is 1.98. The van der Waals surface area contributed by atoms with Gasteiger partial charge in [-0.25, -0.2) is 4.98 Å². The average Bonchev–Trinajstić information content (AvgIpc) is 3.13. The molecule has 110 valence electrons. The minimum Gasteiger partial charge on any atom is -0.344 e. The van der Waals surface area contributed by atoms with Crippen LogP contribution in [0.3, 0.4) is 0 Å². The van der Waals surface area contributed by atoms with Crippen molar-refractivity contribution in [3.63, 3.8) is 0 Å². The largest absolute Gasteiger partial charge is 0.344 e. The number of rotatable bonds is 4. The van der Waals surface area contributed by atoms with Crippen molar-refractivity contribution in [3.05, 3.63) is 48.5 Å². The van der Waals surface area contributed by atoms with Gasteiger partial charge in [-0.2, -0.15) is 0 Å². The highest BCUT2D eigenvalue weighted by Crippen LogP contribution is 2.19. The maximum atomic E-state index is 12.0. The van der Waals surface area contributed by atoms with Gasteiger partial charge in [0.1, 0.15) is 0 Å². The standard InChI is InChI=1S/C16H20N4O/c1-12(18-15-6-8-19(2)16(15)21)13-4-3-5-14(10-13)20-9-7-17-11-20/h3-5,7,9-12,15,18H,6,8H2,1-2H3/t12-,15-/m1/s1. The number of nitrogens with zero attached hydrogens (tertiary/aromatic N) is 3. The van der Waals surface area contributed by atoms with E-state index in [1.807, 2.05) is 29.9 Å². The van der Waals surface area contributed by atoms with E-state index < -0.39 is 0 Å². The summed E-state index contributed by atoms with van der Waals surface area (Å²) in [4.78, 5) is 17.8. The summed E-state index contributed by atoms with van der Waals surface area (Å²) in [5.41, 5.74) is 2.25. The van der Waals surface area contributed by atoms with Crippen LogP contribution in [0, 0.1) is 0 Å². The summed E-state index contributed by atoms with van der Waals surface area (Å²) in [5, 5.41) is 3.43. The number of carbonyl (C=O) groups is 1. The van der Waals surface area contributed by atoms with Crippen molar-refractivity contribution >= 4 is 5.91 Å². The first-order chi connectivity index (χ1) is 10.1. The fourth-order valence-electron chi connectivity index (χ4n) is 2.74. The Morgan fingerprint density at radius 2 is 2.29 bits per heavy atom. The summed E-state index contributed by atoms with van der Waals surface area (Å²) in [7, 11) is 1.86. The summed E-state index contributed by atoms with van der Waals surface area (Å²) in [6.45, 7) is 2.93. The third kappa shape index (κ3) is 2.83. The van der Waals surface area contributed by atoms with Crippen LogP contribution in [0.4, 0.5) is 0 Å². The van der Waals surface area contributed by atoms with Crippen LogP contribution in [0.1, 0.15) is 24.9 Å². The molecule has 0 radical (unpaired) electrons. The smallest absolute Gasteiger partial charge is 0.239 e. The molecule has 0 aliphatic carbocycles. The summed E-state index contributed by atoms with van der Waals surface area (Å²) in [6.07, 6.45) is 6.35. The molecule has 0 unspecified atom stereocenters. The lowest BCUT2D eigenvalue weighted by molar-refractivity contribution is -0.128. The molecule has 2 heterocycles. The van der Waals surface area contributed by atoms with E-state index in [0.717, 1.165) is 18.7 Å². The Labute approximate surface area is 124 Å². The minimum atomic E-state index is -0.0677. The van der Waals surface area contributed by atoms with E-state index in [0.29, 0.717) is 0 Å². The van der Waals surface area contributed by atoms with E-state index in [-0.39, 0.29) is 18.0 Å². The molecule has 1 aromatic carbocycles. The maximum absolute atomic E-state index is 12.0. The molecule has 0 saturated carbocycles. The molecule has 5 heteroatoms. The highest BCUT2D eigenvalue weighted by Gasteiger charge is 2.29. The van der Waals surface area contributed by atoms with Crippen molar-refractivity contribution in [2.75, 3.05) is 13.6 Å². The molecule has 3 rings (SSSR count). The third-order valence-electron chi connectivity index (χ3n) is 4.05. The summed E-state index contributed by atoms with van der Waals surface area (Å²) >= 11 is 0. The Kier molecular flexibility index (Phi) is 3.75. The van der Waals surface area contributed by atoms with Crippen molar-refractivity contribution in [3.8, 4) is 5.69 Å². The number of imidazole rings is 1. The molecule has 1 N–H and O–H groups in total. The van der Waals surface area contributed by atoms with Crippen LogP contribution in [-0.2, 0) is 4.79 Å². The molecule has 1 aliphatic rings. The fraction of sp³-hybridized carbons (Fsp3) is 0.375. The Morgan fingerprint density at radius 3 is 2.95 bits per heavy atom. The van der Waals surface area contributed by atoms with Gasteiger partial charge in [-0.05, 0) is 31.0 Å². The second-order valence-corrected chi connectivity index (χ2v) is 5.55. The van der Waals surface area contributed by atoms with Crippen LogP contribution < -0.4 is 5.32 Å². The van der Waals surface area contributed by atoms with E-state index in [9.17, 15) is 4.79 Å². The molecule has 21 heavy (non-hydrogen) atoms. The quantitative estimate of drug-likeness (QED) is 0.930. The molecule has 1 aliphatic heterocycles. The van der Waals surface area contributed by atoms with Crippen LogP contribution >= 0.6 is 0 Å². The van der Waals surface area contributed by atoms with Crippen LogP contribution in [0.2, 0.25) is 0 Å². The van der Waals surface area contributed by atoms with Gasteiger partial charge < -0.3 is 9.47 Å². The molecular formula is C16H20N4O. The Morgan fingerprint density at radius 1 is 1.43 bits per heavy atom. The number of amides is 1. The topological polar surface area (TPSA) is 50.2 Å². The number of likely N-dealkylation sites (tertiary alicyclic amines) is 1. The number of aromatic nitrogens is 2. The first-order valence-corrected chi connectivity index (χ1v) is 7.24. The molecule has 1 fully saturated rings. The molecule has 2 aromatic rings. The summed E-state index contributed by atoms with van der Waals surface area (Å²) in [6, 6.07) is 8.36. The zero-order valence-electron chi connectivity index (χ0n) is 12.4. The van der Waals surface area contributed by atoms with Crippen LogP contribution in [0.15, 0.2) is 43.0 Å². The number of likely N-dealkylation sites (N-methyl/N-ethyl adjacent to an activating group) is 1. The van der Waals surface area contributed by atoms with Crippen LogP contribution in [0.25, 0.3) is 5.69 Å².